The van der Waals surface area contributed by atoms with Crippen molar-refractivity contribution in [3.8, 4) is 0 Å². The van der Waals surface area contributed by atoms with E-state index in [0.29, 0.717) is 24.1 Å². The molecule has 0 aliphatic heterocycles. The fourth-order valence-corrected chi connectivity index (χ4v) is 2.05. The van der Waals surface area contributed by atoms with E-state index in [1.807, 2.05) is 13.8 Å². The number of hydrogen-bond acceptors (Lipinski definition) is 5. The van der Waals surface area contributed by atoms with Crippen molar-refractivity contribution in [2.24, 2.45) is 0 Å². The summed E-state index contributed by atoms with van der Waals surface area (Å²) >= 11 is 6.08. The molecular formula is C13H21ClN4O2. The maximum atomic E-state index is 11.9. The van der Waals surface area contributed by atoms with E-state index in [4.69, 9.17) is 16.3 Å². The second-order valence-electron chi connectivity index (χ2n) is 4.73. The maximum Gasteiger partial charge on any atom is 0.242 e. The molecule has 1 aromatic heterocycles. The second kappa shape index (κ2) is 8.01. The third-order valence-electron chi connectivity index (χ3n) is 2.76. The second-order valence-corrected chi connectivity index (χ2v) is 5.09. The zero-order chi connectivity index (χ0) is 15.1. The van der Waals surface area contributed by atoms with E-state index in [2.05, 4.69) is 20.6 Å². The van der Waals surface area contributed by atoms with Gasteiger partial charge in [0.05, 0.1) is 6.61 Å². The highest BCUT2D eigenvalue weighted by Gasteiger charge is 2.18. The summed E-state index contributed by atoms with van der Waals surface area (Å²) in [6, 6.07) is -0.421. The number of methoxy groups -OCH3 is 1. The molecule has 0 aromatic carbocycles. The highest BCUT2D eigenvalue weighted by molar-refractivity contribution is 6.30. The molecule has 7 heteroatoms. The summed E-state index contributed by atoms with van der Waals surface area (Å²) in [5, 5.41) is 6.24. The number of carbonyl (C=O) groups is 1. The van der Waals surface area contributed by atoms with Gasteiger partial charge in [-0.05, 0) is 12.8 Å². The van der Waals surface area contributed by atoms with Crippen LogP contribution in [-0.4, -0.2) is 42.2 Å². The van der Waals surface area contributed by atoms with Gasteiger partial charge in [0.25, 0.3) is 0 Å². The van der Waals surface area contributed by atoms with E-state index < -0.39 is 6.04 Å². The monoisotopic (exact) mass is 300 g/mol. The highest BCUT2D eigenvalue weighted by atomic mass is 35.5. The van der Waals surface area contributed by atoms with Crippen LogP contribution in [-0.2, 0) is 9.53 Å². The maximum absolute atomic E-state index is 11.9. The van der Waals surface area contributed by atoms with Crippen LogP contribution in [0.5, 0.6) is 0 Å². The Labute approximate surface area is 124 Å². The summed E-state index contributed by atoms with van der Waals surface area (Å²) in [4.78, 5) is 20.0. The minimum absolute atomic E-state index is 0.119. The Morgan fingerprint density at radius 1 is 1.40 bits per heavy atom. The van der Waals surface area contributed by atoms with E-state index in [1.165, 1.54) is 6.33 Å². The number of aromatic nitrogens is 2. The third-order valence-corrected chi connectivity index (χ3v) is 3.07. The van der Waals surface area contributed by atoms with Gasteiger partial charge in [0.2, 0.25) is 5.91 Å². The summed E-state index contributed by atoms with van der Waals surface area (Å²) in [6.45, 7) is 6.72. The van der Waals surface area contributed by atoms with Crippen LogP contribution in [0.15, 0.2) is 6.33 Å². The molecule has 2 N–H and O–H groups in total. The quantitative estimate of drug-likeness (QED) is 0.593. The van der Waals surface area contributed by atoms with Gasteiger partial charge in [0.1, 0.15) is 23.3 Å². The molecule has 20 heavy (non-hydrogen) atoms. The number of halogens is 1. The number of anilines is 1. The van der Waals surface area contributed by atoms with Crippen molar-refractivity contribution in [2.75, 3.05) is 25.6 Å². The Morgan fingerprint density at radius 2 is 2.10 bits per heavy atom. The first-order valence-corrected chi connectivity index (χ1v) is 6.88. The summed E-state index contributed by atoms with van der Waals surface area (Å²) < 4.78 is 4.88. The van der Waals surface area contributed by atoms with Crippen molar-refractivity contribution in [1.29, 1.82) is 0 Å². The molecule has 1 aromatic rings. The fourth-order valence-electron chi connectivity index (χ4n) is 1.70. The molecule has 0 bridgehead atoms. The first-order valence-electron chi connectivity index (χ1n) is 6.51. The number of rotatable bonds is 7. The van der Waals surface area contributed by atoms with Crippen LogP contribution in [0.3, 0.4) is 0 Å². The topological polar surface area (TPSA) is 76.1 Å². The number of nitrogens with one attached hydrogen (secondary N) is 2. The van der Waals surface area contributed by atoms with Crippen LogP contribution in [0.25, 0.3) is 0 Å². The Kier molecular flexibility index (Phi) is 6.67. The Morgan fingerprint density at radius 3 is 2.70 bits per heavy atom. The van der Waals surface area contributed by atoms with Crippen molar-refractivity contribution in [3.05, 3.63) is 17.0 Å². The van der Waals surface area contributed by atoms with Crippen molar-refractivity contribution >= 4 is 23.3 Å². The smallest absolute Gasteiger partial charge is 0.242 e. The van der Waals surface area contributed by atoms with E-state index in [1.54, 1.807) is 14.0 Å². The Bertz CT molecular complexity index is 454. The molecule has 0 spiro atoms. The van der Waals surface area contributed by atoms with E-state index >= 15 is 0 Å². The molecule has 0 saturated heterocycles. The van der Waals surface area contributed by atoms with Crippen molar-refractivity contribution in [3.63, 3.8) is 0 Å². The summed E-state index contributed by atoms with van der Waals surface area (Å²) in [5.74, 6) is 0.635. The first kappa shape index (κ1) is 16.7. The molecule has 0 aliphatic carbocycles. The molecule has 1 amide bonds. The SMILES string of the molecule is COCCNC(=O)C(C)Nc1ncnc(Cl)c1C(C)C. The van der Waals surface area contributed by atoms with E-state index in [-0.39, 0.29) is 11.8 Å². The van der Waals surface area contributed by atoms with Crippen LogP contribution < -0.4 is 10.6 Å². The van der Waals surface area contributed by atoms with Gasteiger partial charge in [-0.25, -0.2) is 9.97 Å². The molecule has 1 atom stereocenters. The molecule has 0 aliphatic rings. The number of ether oxygens (including phenoxy) is 1. The molecular weight excluding hydrogens is 280 g/mol. The van der Waals surface area contributed by atoms with Gasteiger partial charge in [-0.1, -0.05) is 25.4 Å². The van der Waals surface area contributed by atoms with Crippen LogP contribution in [0.4, 0.5) is 5.82 Å². The Balaban J connectivity index is 2.73. The Hall–Kier alpha value is -1.40. The third kappa shape index (κ3) is 4.61. The lowest BCUT2D eigenvalue weighted by Gasteiger charge is -2.18. The normalized spacial score (nSPS) is 12.3. The van der Waals surface area contributed by atoms with Gasteiger partial charge in [-0.3, -0.25) is 4.79 Å². The van der Waals surface area contributed by atoms with Gasteiger partial charge in [0, 0.05) is 19.2 Å². The van der Waals surface area contributed by atoms with Crippen LogP contribution in [0.1, 0.15) is 32.3 Å². The van der Waals surface area contributed by atoms with Crippen molar-refractivity contribution in [1.82, 2.24) is 15.3 Å². The number of hydrogen-bond donors (Lipinski definition) is 2. The predicted molar refractivity (Wildman–Crippen MR) is 79.1 cm³/mol. The lowest BCUT2D eigenvalue weighted by atomic mass is 10.1. The van der Waals surface area contributed by atoms with Gasteiger partial charge in [-0.15, -0.1) is 0 Å². The average Bonchev–Trinajstić information content (AvgIpc) is 2.38. The minimum Gasteiger partial charge on any atom is -0.383 e. The molecule has 1 heterocycles. The molecule has 6 nitrogen and oxygen atoms in total. The number of amides is 1. The zero-order valence-electron chi connectivity index (χ0n) is 12.2. The molecule has 112 valence electrons. The van der Waals surface area contributed by atoms with Crippen LogP contribution in [0, 0.1) is 0 Å². The van der Waals surface area contributed by atoms with Crippen molar-refractivity contribution < 1.29 is 9.53 Å². The van der Waals surface area contributed by atoms with Gasteiger partial charge in [-0.2, -0.15) is 0 Å². The van der Waals surface area contributed by atoms with E-state index in [9.17, 15) is 4.79 Å². The summed E-state index contributed by atoms with van der Waals surface area (Å²) in [6.07, 6.45) is 1.38. The van der Waals surface area contributed by atoms with Crippen molar-refractivity contribution in [2.45, 2.75) is 32.7 Å². The fraction of sp³-hybridized carbons (Fsp3) is 0.615. The van der Waals surface area contributed by atoms with Gasteiger partial charge >= 0.3 is 0 Å². The van der Waals surface area contributed by atoms with Gasteiger partial charge < -0.3 is 15.4 Å². The lowest BCUT2D eigenvalue weighted by molar-refractivity contribution is -0.121. The molecule has 0 saturated carbocycles. The molecule has 0 fully saturated rings. The average molecular weight is 301 g/mol. The largest absolute Gasteiger partial charge is 0.383 e. The summed E-state index contributed by atoms with van der Waals surface area (Å²) in [7, 11) is 1.59. The predicted octanol–water partition coefficient (Wildman–Crippen LogP) is 1.82. The van der Waals surface area contributed by atoms with Crippen LogP contribution in [0.2, 0.25) is 5.15 Å². The standard InChI is InChI=1S/C13H21ClN4O2/c1-8(2)10-11(14)16-7-17-12(10)18-9(3)13(19)15-5-6-20-4/h7-9H,5-6H2,1-4H3,(H,15,19)(H,16,17,18). The molecule has 1 rings (SSSR count). The zero-order valence-corrected chi connectivity index (χ0v) is 13.0. The van der Waals surface area contributed by atoms with E-state index in [0.717, 1.165) is 5.56 Å². The highest BCUT2D eigenvalue weighted by Crippen LogP contribution is 2.28. The lowest BCUT2D eigenvalue weighted by Crippen LogP contribution is -2.39. The number of carbonyl (C=O) groups excluding carboxylic acids is 1. The molecule has 0 radical (unpaired) electrons. The van der Waals surface area contributed by atoms with Crippen LogP contribution >= 0.6 is 11.6 Å². The van der Waals surface area contributed by atoms with Gasteiger partial charge in [0.15, 0.2) is 0 Å². The number of nitrogens with zero attached hydrogens (tertiary/aromatic N) is 2. The summed E-state index contributed by atoms with van der Waals surface area (Å²) in [5.41, 5.74) is 0.811. The first-order chi connectivity index (χ1) is 9.47. The minimum atomic E-state index is -0.421. The molecule has 1 unspecified atom stereocenters.